The van der Waals surface area contributed by atoms with Crippen LogP contribution in [-0.2, 0) is 13.2 Å². The highest BCUT2D eigenvalue weighted by Crippen LogP contribution is 2.44. The fraction of sp³-hybridized carbons (Fsp3) is 0.593. The summed E-state index contributed by atoms with van der Waals surface area (Å²) in [7, 11) is 1.34. The molecule has 2 fully saturated rings. The zero-order chi connectivity index (χ0) is 30.9. The number of benzene rings is 1. The molecule has 2 aromatic heterocycles. The average molecular weight is 639 g/mol. The van der Waals surface area contributed by atoms with Gasteiger partial charge in [-0.05, 0) is 57.7 Å². The Balaban J connectivity index is 1.34. The molecule has 1 aliphatic heterocycles. The Kier molecular flexibility index (Phi) is 9.07. The molecule has 0 unspecified atom stereocenters. The predicted molar refractivity (Wildman–Crippen MR) is 140 cm³/mol. The molecule has 0 radical (unpaired) electrons. The number of H-pyrrole nitrogens is 1. The molecule has 8 nitrogen and oxygen atoms in total. The third-order valence-electron chi connectivity index (χ3n) is 8.07. The number of ether oxygens (including phenoxy) is 2. The van der Waals surface area contributed by atoms with Crippen LogP contribution in [0.2, 0.25) is 0 Å². The van der Waals surface area contributed by atoms with Gasteiger partial charge in [-0.3, -0.25) is 14.4 Å². The maximum atomic E-state index is 15.1. The Hall–Kier alpha value is -3.14. The highest BCUT2D eigenvalue weighted by Gasteiger charge is 2.43. The summed E-state index contributed by atoms with van der Waals surface area (Å²) in [5.74, 6) is -4.60. The zero-order valence-corrected chi connectivity index (χ0v) is 23.8. The minimum Gasteiger partial charge on any atom is -0.496 e. The van der Waals surface area contributed by atoms with E-state index in [0.717, 1.165) is 6.07 Å². The largest absolute Gasteiger partial charge is 0.496 e. The highest BCUT2D eigenvalue weighted by molar-refractivity contribution is 7.11. The number of hydrogen-bond donors (Lipinski definition) is 1. The van der Waals surface area contributed by atoms with Crippen LogP contribution in [0.4, 0.5) is 30.7 Å². The van der Waals surface area contributed by atoms with Crippen LogP contribution in [0.3, 0.4) is 0 Å². The molecule has 5 rings (SSSR count). The lowest BCUT2D eigenvalue weighted by Crippen LogP contribution is -2.38. The molecular formula is C27H29F7N4O4S. The van der Waals surface area contributed by atoms with Crippen molar-refractivity contribution >= 4 is 11.3 Å². The molecule has 16 heteroatoms. The molecule has 0 bridgehead atoms. The van der Waals surface area contributed by atoms with Crippen molar-refractivity contribution in [1.82, 2.24) is 20.0 Å². The van der Waals surface area contributed by atoms with Gasteiger partial charge in [0, 0.05) is 18.5 Å². The number of likely N-dealkylation sites (tertiary alicyclic amines) is 1. The van der Waals surface area contributed by atoms with E-state index in [1.54, 1.807) is 0 Å². The van der Waals surface area contributed by atoms with E-state index in [1.165, 1.54) is 24.5 Å². The summed E-state index contributed by atoms with van der Waals surface area (Å²) in [5.41, 5.74) is 0.670. The minimum atomic E-state index is -4.25. The summed E-state index contributed by atoms with van der Waals surface area (Å²) in [4.78, 5) is 20.8. The van der Waals surface area contributed by atoms with Crippen molar-refractivity contribution in [2.75, 3.05) is 20.2 Å². The average Bonchev–Trinajstić information content (AvgIpc) is 3.57. The number of methoxy groups -OCH3 is 1. The Morgan fingerprint density at radius 2 is 1.65 bits per heavy atom. The van der Waals surface area contributed by atoms with E-state index < -0.39 is 35.8 Å². The highest BCUT2D eigenvalue weighted by atomic mass is 32.1. The molecule has 0 atom stereocenters. The number of piperidine rings is 1. The second kappa shape index (κ2) is 12.5. The number of halogens is 7. The van der Waals surface area contributed by atoms with Crippen molar-refractivity contribution in [2.45, 2.75) is 69.9 Å². The first-order valence-corrected chi connectivity index (χ1v) is 14.5. The number of alkyl halides is 6. The molecule has 1 aliphatic carbocycles. The van der Waals surface area contributed by atoms with Crippen LogP contribution in [-0.4, -0.2) is 52.6 Å². The van der Waals surface area contributed by atoms with E-state index in [0.29, 0.717) is 28.4 Å². The summed E-state index contributed by atoms with van der Waals surface area (Å²) < 4.78 is 110. The molecule has 43 heavy (non-hydrogen) atoms. The van der Waals surface area contributed by atoms with Gasteiger partial charge in [-0.2, -0.15) is 26.3 Å². The molecule has 3 heterocycles. The summed E-state index contributed by atoms with van der Waals surface area (Å²) >= 11 is 1.27. The van der Waals surface area contributed by atoms with Crippen molar-refractivity contribution < 1.29 is 44.7 Å². The van der Waals surface area contributed by atoms with E-state index in [2.05, 4.69) is 14.7 Å². The second-order valence-corrected chi connectivity index (χ2v) is 11.9. The molecule has 236 valence electrons. The summed E-state index contributed by atoms with van der Waals surface area (Å²) in [6.45, 7) is 0.531. The number of nitrogens with one attached hydrogen (secondary N) is 1. The van der Waals surface area contributed by atoms with Crippen LogP contribution in [0.25, 0.3) is 11.4 Å². The zero-order valence-electron chi connectivity index (χ0n) is 23.0. The molecule has 1 saturated heterocycles. The fourth-order valence-electron chi connectivity index (χ4n) is 5.60. The van der Waals surface area contributed by atoms with Gasteiger partial charge in [0.2, 0.25) is 0 Å². The van der Waals surface area contributed by atoms with Gasteiger partial charge < -0.3 is 9.47 Å². The van der Waals surface area contributed by atoms with E-state index in [-0.39, 0.29) is 80.7 Å². The SMILES string of the molecule is COc1cc(OCc2sc(C3CCC(C(F)(F)F)CC3)nc2CN2CCC(C(F)(F)F)CC2)c(F)cc1-c1noc(=O)[nH]1. The number of hydrogen-bond acceptors (Lipinski definition) is 8. The van der Waals surface area contributed by atoms with Crippen molar-refractivity contribution in [2.24, 2.45) is 11.8 Å². The predicted octanol–water partition coefficient (Wildman–Crippen LogP) is 6.82. The van der Waals surface area contributed by atoms with Gasteiger partial charge in [-0.25, -0.2) is 14.2 Å². The molecule has 0 amide bonds. The maximum absolute atomic E-state index is 15.1. The van der Waals surface area contributed by atoms with Gasteiger partial charge >= 0.3 is 18.1 Å². The number of thiazole rings is 1. The lowest BCUT2D eigenvalue weighted by molar-refractivity contribution is -0.185. The third kappa shape index (κ3) is 7.33. The molecular weight excluding hydrogens is 609 g/mol. The summed E-state index contributed by atoms with van der Waals surface area (Å²) in [5, 5.41) is 4.18. The standard InChI is InChI=1S/C27H29F7N4O4S/c1-40-20-11-21(18(28)10-17(20)23-36-25(39)42-37-23)41-13-22-19(12-38-8-6-16(7-9-38)27(32,33)34)35-24(43-22)14-2-4-15(5-3-14)26(29,30)31/h10-11,14-16H,2-9,12-13H2,1H3,(H,36,37,39). The van der Waals surface area contributed by atoms with E-state index >= 15 is 4.39 Å². The van der Waals surface area contributed by atoms with Gasteiger partial charge in [0.05, 0.1) is 40.1 Å². The Morgan fingerprint density at radius 1 is 1.00 bits per heavy atom. The summed E-state index contributed by atoms with van der Waals surface area (Å²) in [6.07, 6.45) is -7.97. The molecule has 1 saturated carbocycles. The van der Waals surface area contributed by atoms with Crippen molar-refractivity contribution in [3.05, 3.63) is 44.1 Å². The first kappa shape index (κ1) is 31.3. The van der Waals surface area contributed by atoms with E-state index in [1.807, 2.05) is 4.90 Å². The Morgan fingerprint density at radius 3 is 2.23 bits per heavy atom. The summed E-state index contributed by atoms with van der Waals surface area (Å²) in [6, 6.07) is 2.34. The van der Waals surface area contributed by atoms with Crippen LogP contribution < -0.4 is 15.2 Å². The Labute approximate surface area is 245 Å². The molecule has 1 N–H and O–H groups in total. The van der Waals surface area contributed by atoms with Gasteiger partial charge in [0.1, 0.15) is 12.4 Å². The van der Waals surface area contributed by atoms with Gasteiger partial charge in [-0.15, -0.1) is 11.3 Å². The van der Waals surface area contributed by atoms with Crippen LogP contribution in [0.5, 0.6) is 11.5 Å². The van der Waals surface area contributed by atoms with Crippen molar-refractivity contribution in [1.29, 1.82) is 0 Å². The molecule has 0 spiro atoms. The van der Waals surface area contributed by atoms with Crippen LogP contribution in [0.1, 0.15) is 60.0 Å². The third-order valence-corrected chi connectivity index (χ3v) is 9.30. The lowest BCUT2D eigenvalue weighted by Gasteiger charge is -2.32. The molecule has 3 aromatic rings. The van der Waals surface area contributed by atoms with Gasteiger partial charge in [0.15, 0.2) is 17.4 Å². The first-order valence-electron chi connectivity index (χ1n) is 13.7. The molecule has 1 aromatic carbocycles. The second-order valence-electron chi connectivity index (χ2n) is 10.8. The van der Waals surface area contributed by atoms with E-state index in [4.69, 9.17) is 14.5 Å². The number of nitrogens with zero attached hydrogens (tertiary/aromatic N) is 3. The van der Waals surface area contributed by atoms with Gasteiger partial charge in [0.25, 0.3) is 0 Å². The quantitative estimate of drug-likeness (QED) is 0.271. The fourth-order valence-corrected chi connectivity index (χ4v) is 6.76. The van der Waals surface area contributed by atoms with Crippen molar-refractivity contribution in [3.8, 4) is 22.9 Å². The number of aromatic nitrogens is 3. The lowest BCUT2D eigenvalue weighted by atomic mass is 9.82. The normalized spacial score (nSPS) is 20.8. The maximum Gasteiger partial charge on any atom is 0.439 e. The van der Waals surface area contributed by atoms with Crippen LogP contribution >= 0.6 is 11.3 Å². The van der Waals surface area contributed by atoms with Crippen molar-refractivity contribution in [3.63, 3.8) is 0 Å². The minimum absolute atomic E-state index is 0.00594. The van der Waals surface area contributed by atoms with Crippen LogP contribution in [0.15, 0.2) is 21.5 Å². The van der Waals surface area contributed by atoms with E-state index in [9.17, 15) is 31.1 Å². The first-order chi connectivity index (χ1) is 20.3. The molecule has 2 aliphatic rings. The van der Waals surface area contributed by atoms with Crippen LogP contribution in [0, 0.1) is 17.7 Å². The Bertz CT molecular complexity index is 1450. The van der Waals surface area contributed by atoms with Gasteiger partial charge in [-0.1, -0.05) is 5.16 Å². The number of rotatable bonds is 8. The number of aromatic amines is 1. The topological polar surface area (TPSA) is 93.5 Å². The smallest absolute Gasteiger partial charge is 0.439 e. The monoisotopic (exact) mass is 638 g/mol.